The number of para-hydroxylation sites is 1. The Bertz CT molecular complexity index is 1210. The summed E-state index contributed by atoms with van der Waals surface area (Å²) in [4.78, 5) is 33.4. The lowest BCUT2D eigenvalue weighted by Gasteiger charge is -2.44. The smallest absolute Gasteiger partial charge is 0.409 e. The predicted octanol–water partition coefficient (Wildman–Crippen LogP) is 4.19. The normalized spacial score (nSPS) is 25.2. The fourth-order valence-electron chi connectivity index (χ4n) is 6.79. The van der Waals surface area contributed by atoms with Crippen LogP contribution in [0.3, 0.4) is 0 Å². The molecule has 4 heterocycles. The number of imidazole rings is 1. The molecule has 2 saturated heterocycles. The molecule has 2 saturated carbocycles. The number of aromatic nitrogens is 2. The topological polar surface area (TPSA) is 76.9 Å². The number of carbonyl (C=O) groups excluding carboxylic acids is 2. The zero-order valence-electron chi connectivity index (χ0n) is 20.9. The molecular weight excluding hydrogens is 456 g/mol. The molecule has 8 heteroatoms. The molecule has 4 fully saturated rings. The van der Waals surface area contributed by atoms with Crippen LogP contribution < -0.4 is 4.74 Å². The molecule has 2 spiro atoms. The van der Waals surface area contributed by atoms with E-state index in [0.717, 1.165) is 67.2 Å². The average molecular weight is 491 g/mol. The maximum Gasteiger partial charge on any atom is 0.409 e. The number of fused-ring (bicyclic) bond motifs is 4. The minimum atomic E-state index is -0.516. The van der Waals surface area contributed by atoms with Gasteiger partial charge in [-0.05, 0) is 56.6 Å². The lowest BCUT2D eigenvalue weighted by atomic mass is 9.83. The Morgan fingerprint density at radius 2 is 1.92 bits per heavy atom. The molecule has 5 aliphatic rings. The highest BCUT2D eigenvalue weighted by Crippen LogP contribution is 2.54. The Balaban J connectivity index is 1.20. The van der Waals surface area contributed by atoms with Gasteiger partial charge in [0.05, 0.1) is 18.0 Å². The number of likely N-dealkylation sites (tertiary alicyclic amines) is 2. The third-order valence-electron chi connectivity index (χ3n) is 9.25. The highest BCUT2D eigenvalue weighted by Gasteiger charge is 2.53. The van der Waals surface area contributed by atoms with E-state index in [-0.39, 0.29) is 11.6 Å². The van der Waals surface area contributed by atoms with Crippen molar-refractivity contribution in [3.63, 3.8) is 0 Å². The summed E-state index contributed by atoms with van der Waals surface area (Å²) in [5, 5.41) is 0. The minimum Gasteiger partial charge on any atom is -0.480 e. The quantitative estimate of drug-likeness (QED) is 0.601. The molecular formula is C28H34N4O4. The first kappa shape index (κ1) is 22.2. The van der Waals surface area contributed by atoms with E-state index in [9.17, 15) is 9.59 Å². The Morgan fingerprint density at radius 1 is 1.14 bits per heavy atom. The van der Waals surface area contributed by atoms with E-state index in [4.69, 9.17) is 14.5 Å². The van der Waals surface area contributed by atoms with Crippen molar-refractivity contribution in [1.29, 1.82) is 0 Å². The van der Waals surface area contributed by atoms with Gasteiger partial charge in [0.25, 0.3) is 0 Å². The molecule has 0 radical (unpaired) electrons. The van der Waals surface area contributed by atoms with Gasteiger partial charge in [0.15, 0.2) is 5.60 Å². The molecule has 0 bridgehead atoms. The zero-order chi connectivity index (χ0) is 24.5. The molecule has 8 nitrogen and oxygen atoms in total. The van der Waals surface area contributed by atoms with Crippen LogP contribution in [0.1, 0.15) is 68.8 Å². The summed E-state index contributed by atoms with van der Waals surface area (Å²) in [7, 11) is 2.13. The number of ether oxygens (including phenoxy) is 2. The van der Waals surface area contributed by atoms with E-state index < -0.39 is 5.60 Å². The summed E-state index contributed by atoms with van der Waals surface area (Å²) in [6.45, 7) is 2.55. The van der Waals surface area contributed by atoms with Crippen molar-refractivity contribution in [3.05, 3.63) is 35.8 Å². The van der Waals surface area contributed by atoms with Gasteiger partial charge >= 0.3 is 6.09 Å². The minimum absolute atomic E-state index is 0.0371. The molecule has 2 amide bonds. The van der Waals surface area contributed by atoms with Crippen LogP contribution in [-0.4, -0.2) is 63.6 Å². The Labute approximate surface area is 211 Å². The standard InChI is InChI=1S/C28H34N4O4/c1-30-24-23(29-25(30)20-8-13-32(18-33)27(16-20)9-10-27)21-4-2-3-5-22(21)36-28(24)11-14-31(15-12-28)26(34)35-17-19-6-7-19/h2-5,18-20H,6-17H2,1H3/t20-/m1/s1. The van der Waals surface area contributed by atoms with Gasteiger partial charge in [0.1, 0.15) is 11.6 Å². The second-order valence-corrected chi connectivity index (χ2v) is 11.5. The van der Waals surface area contributed by atoms with E-state index >= 15 is 0 Å². The lowest BCUT2D eigenvalue weighted by molar-refractivity contribution is -0.122. The SMILES string of the molecule is Cn1c([C@@H]2CCN(C=O)C3(CC3)C2)nc2c1C1(CCN(C(=O)OCC3CC3)CC1)Oc1ccccc1-2. The first-order valence-electron chi connectivity index (χ1n) is 13.5. The summed E-state index contributed by atoms with van der Waals surface area (Å²) in [6, 6.07) is 8.18. The van der Waals surface area contributed by atoms with E-state index in [2.05, 4.69) is 17.7 Å². The third kappa shape index (κ3) is 3.44. The number of nitrogens with zero attached hydrogens (tertiary/aromatic N) is 4. The van der Waals surface area contributed by atoms with Crippen LogP contribution in [0.4, 0.5) is 4.79 Å². The number of piperidine rings is 2. The molecule has 0 unspecified atom stereocenters. The van der Waals surface area contributed by atoms with Crippen molar-refractivity contribution in [2.75, 3.05) is 26.2 Å². The molecule has 190 valence electrons. The second kappa shape index (κ2) is 7.98. The number of rotatable bonds is 4. The summed E-state index contributed by atoms with van der Waals surface area (Å²) in [6.07, 6.45) is 8.69. The van der Waals surface area contributed by atoms with Crippen LogP contribution in [0.2, 0.25) is 0 Å². The third-order valence-corrected chi connectivity index (χ3v) is 9.25. The number of benzene rings is 1. The molecule has 36 heavy (non-hydrogen) atoms. The van der Waals surface area contributed by atoms with Gasteiger partial charge in [0.2, 0.25) is 6.41 Å². The monoisotopic (exact) mass is 490 g/mol. The highest BCUT2D eigenvalue weighted by atomic mass is 16.6. The Hall–Kier alpha value is -3.03. The largest absolute Gasteiger partial charge is 0.480 e. The van der Waals surface area contributed by atoms with Crippen molar-refractivity contribution in [2.24, 2.45) is 13.0 Å². The van der Waals surface area contributed by atoms with Gasteiger partial charge in [-0.15, -0.1) is 0 Å². The van der Waals surface area contributed by atoms with Crippen molar-refractivity contribution in [1.82, 2.24) is 19.4 Å². The van der Waals surface area contributed by atoms with Crippen molar-refractivity contribution < 1.29 is 19.1 Å². The Morgan fingerprint density at radius 3 is 2.64 bits per heavy atom. The summed E-state index contributed by atoms with van der Waals surface area (Å²) in [5.41, 5.74) is 2.71. The van der Waals surface area contributed by atoms with Gasteiger partial charge in [0, 0.05) is 56.5 Å². The van der Waals surface area contributed by atoms with Crippen LogP contribution in [0.25, 0.3) is 11.3 Å². The van der Waals surface area contributed by atoms with E-state index in [1.807, 2.05) is 28.0 Å². The number of carbonyl (C=O) groups is 2. The van der Waals surface area contributed by atoms with E-state index in [0.29, 0.717) is 44.4 Å². The fraction of sp³-hybridized carbons (Fsp3) is 0.607. The van der Waals surface area contributed by atoms with Gasteiger partial charge in [-0.3, -0.25) is 4.79 Å². The Kier molecular flexibility index (Phi) is 4.92. The number of hydrogen-bond acceptors (Lipinski definition) is 5. The van der Waals surface area contributed by atoms with E-state index in [1.165, 1.54) is 12.8 Å². The number of amides is 2. The van der Waals surface area contributed by atoms with E-state index in [1.54, 1.807) is 0 Å². The van der Waals surface area contributed by atoms with Gasteiger partial charge < -0.3 is 23.8 Å². The average Bonchev–Trinajstić information content (AvgIpc) is 3.83. The molecule has 1 aromatic carbocycles. The molecule has 2 aliphatic carbocycles. The summed E-state index contributed by atoms with van der Waals surface area (Å²) in [5.74, 6) is 2.85. The summed E-state index contributed by atoms with van der Waals surface area (Å²) >= 11 is 0. The van der Waals surface area contributed by atoms with Crippen LogP contribution in [0, 0.1) is 5.92 Å². The highest BCUT2D eigenvalue weighted by molar-refractivity contribution is 5.73. The molecule has 0 N–H and O–H groups in total. The van der Waals surface area contributed by atoms with Gasteiger partial charge in [-0.1, -0.05) is 12.1 Å². The molecule has 7 rings (SSSR count). The zero-order valence-corrected chi connectivity index (χ0v) is 20.9. The predicted molar refractivity (Wildman–Crippen MR) is 133 cm³/mol. The van der Waals surface area contributed by atoms with Crippen molar-refractivity contribution >= 4 is 12.5 Å². The summed E-state index contributed by atoms with van der Waals surface area (Å²) < 4.78 is 14.6. The fourth-order valence-corrected chi connectivity index (χ4v) is 6.79. The van der Waals surface area contributed by atoms with Crippen LogP contribution in [0.5, 0.6) is 5.75 Å². The van der Waals surface area contributed by atoms with Gasteiger partial charge in [-0.25, -0.2) is 9.78 Å². The molecule has 2 aromatic rings. The first-order chi connectivity index (χ1) is 17.5. The second-order valence-electron chi connectivity index (χ2n) is 11.5. The lowest BCUT2D eigenvalue weighted by Crippen LogP contribution is -2.50. The van der Waals surface area contributed by atoms with Crippen LogP contribution >= 0.6 is 0 Å². The van der Waals surface area contributed by atoms with Gasteiger partial charge in [-0.2, -0.15) is 0 Å². The maximum absolute atomic E-state index is 12.7. The molecule has 1 aromatic heterocycles. The molecule has 1 atom stereocenters. The van der Waals surface area contributed by atoms with Crippen LogP contribution in [-0.2, 0) is 22.2 Å². The maximum atomic E-state index is 12.7. The number of hydrogen-bond donors (Lipinski definition) is 0. The van der Waals surface area contributed by atoms with Crippen molar-refractivity contribution in [2.45, 2.75) is 68.4 Å². The molecule has 3 aliphatic heterocycles. The van der Waals surface area contributed by atoms with Crippen LogP contribution in [0.15, 0.2) is 24.3 Å². The first-order valence-corrected chi connectivity index (χ1v) is 13.5. The van der Waals surface area contributed by atoms with Crippen molar-refractivity contribution in [3.8, 4) is 17.0 Å².